The number of nitrogens with one attached hydrogen (secondary N) is 1. The van der Waals surface area contributed by atoms with Crippen molar-refractivity contribution in [2.24, 2.45) is 16.8 Å². The number of allylic oxidation sites excluding steroid dienone is 1. The first-order valence-corrected chi connectivity index (χ1v) is 11.5. The summed E-state index contributed by atoms with van der Waals surface area (Å²) in [7, 11) is 0. The molecule has 178 valence electrons. The monoisotopic (exact) mass is 469 g/mol. The van der Waals surface area contributed by atoms with E-state index in [-0.39, 0.29) is 16.8 Å². The number of para-hydroxylation sites is 1. The van der Waals surface area contributed by atoms with Gasteiger partial charge < -0.3 is 15.0 Å². The number of anilines is 2. The lowest BCUT2D eigenvalue weighted by Crippen LogP contribution is -2.34. The maximum Gasteiger partial charge on any atom is 0.416 e. The van der Waals surface area contributed by atoms with Crippen molar-refractivity contribution >= 4 is 23.5 Å². The molecule has 2 aromatic carbocycles. The number of fused-ring (bicyclic) bond motifs is 1. The smallest absolute Gasteiger partial charge is 0.416 e. The van der Waals surface area contributed by atoms with E-state index >= 15 is 0 Å². The number of alkyl halides is 3. The van der Waals surface area contributed by atoms with Crippen LogP contribution in [-0.4, -0.2) is 25.3 Å². The molecular formula is C26H26F3N3O2. The maximum absolute atomic E-state index is 13.3. The summed E-state index contributed by atoms with van der Waals surface area (Å²) in [6.07, 6.45) is 0.813. The molecule has 2 aliphatic heterocycles. The van der Waals surface area contributed by atoms with Crippen LogP contribution in [0.1, 0.15) is 47.7 Å². The normalized spacial score (nSPS) is 20.1. The van der Waals surface area contributed by atoms with Gasteiger partial charge in [0.2, 0.25) is 0 Å². The predicted octanol–water partition coefficient (Wildman–Crippen LogP) is 6.20. The van der Waals surface area contributed by atoms with Gasteiger partial charge in [-0.2, -0.15) is 13.2 Å². The van der Waals surface area contributed by atoms with Crippen LogP contribution < -0.4 is 15.0 Å². The van der Waals surface area contributed by atoms with Gasteiger partial charge in [-0.25, -0.2) is 4.99 Å². The average molecular weight is 470 g/mol. The highest BCUT2D eigenvalue weighted by Gasteiger charge is 2.35. The van der Waals surface area contributed by atoms with Crippen LogP contribution in [0.2, 0.25) is 0 Å². The molecule has 5 rings (SSSR count). The number of aliphatic imine (C=N–C) groups is 1. The van der Waals surface area contributed by atoms with Crippen LogP contribution in [0.4, 0.5) is 24.5 Å². The molecule has 3 aliphatic rings. The lowest BCUT2D eigenvalue weighted by atomic mass is 9.95. The molecule has 1 aliphatic carbocycles. The number of amides is 1. The van der Waals surface area contributed by atoms with Gasteiger partial charge in [0.25, 0.3) is 5.91 Å². The number of hydrogen-bond donors (Lipinski definition) is 1. The Hall–Kier alpha value is -3.29. The summed E-state index contributed by atoms with van der Waals surface area (Å²) in [5, 5.41) is 2.61. The number of ether oxygens (including phenoxy) is 1. The van der Waals surface area contributed by atoms with Gasteiger partial charge in [-0.15, -0.1) is 0 Å². The molecule has 1 atom stereocenters. The van der Waals surface area contributed by atoms with E-state index in [1.807, 2.05) is 12.3 Å². The van der Waals surface area contributed by atoms with E-state index in [0.717, 1.165) is 24.0 Å². The van der Waals surface area contributed by atoms with E-state index in [0.29, 0.717) is 30.7 Å². The molecule has 0 spiro atoms. The highest BCUT2D eigenvalue weighted by atomic mass is 19.4. The molecule has 5 nitrogen and oxygen atoms in total. The summed E-state index contributed by atoms with van der Waals surface area (Å²) < 4.78 is 45.8. The van der Waals surface area contributed by atoms with Crippen molar-refractivity contribution in [3.05, 3.63) is 64.5 Å². The molecule has 1 amide bonds. The predicted molar refractivity (Wildman–Crippen MR) is 125 cm³/mol. The Morgan fingerprint density at radius 3 is 2.74 bits per heavy atom. The molecule has 1 unspecified atom stereocenters. The van der Waals surface area contributed by atoms with Gasteiger partial charge in [0.05, 0.1) is 23.4 Å². The third kappa shape index (κ3) is 4.29. The van der Waals surface area contributed by atoms with Crippen LogP contribution in [0.25, 0.3) is 0 Å². The van der Waals surface area contributed by atoms with Gasteiger partial charge in [-0.1, -0.05) is 19.1 Å². The van der Waals surface area contributed by atoms with Crippen LogP contribution in [0, 0.1) is 18.8 Å². The quantitative estimate of drug-likeness (QED) is 0.580. The van der Waals surface area contributed by atoms with Gasteiger partial charge in [-0.05, 0) is 73.4 Å². The third-order valence-electron chi connectivity index (χ3n) is 6.50. The zero-order valence-electron chi connectivity index (χ0n) is 19.1. The molecular weight excluding hydrogens is 443 g/mol. The van der Waals surface area contributed by atoms with Crippen molar-refractivity contribution in [1.82, 2.24) is 0 Å². The molecule has 1 saturated carbocycles. The van der Waals surface area contributed by atoms with Crippen molar-refractivity contribution in [2.45, 2.75) is 39.3 Å². The molecule has 1 N–H and O–H groups in total. The highest BCUT2D eigenvalue weighted by Crippen LogP contribution is 2.46. The van der Waals surface area contributed by atoms with Crippen LogP contribution in [0.15, 0.2) is 52.8 Å². The van der Waals surface area contributed by atoms with Crippen molar-refractivity contribution in [2.75, 3.05) is 23.4 Å². The number of nitrogens with zero attached hydrogens (tertiary/aromatic N) is 2. The molecule has 0 aromatic heterocycles. The first kappa shape index (κ1) is 22.5. The number of carbonyl (C=O) groups excluding carboxylic acids is 1. The van der Waals surface area contributed by atoms with Crippen LogP contribution in [0.5, 0.6) is 5.75 Å². The molecule has 0 bridgehead atoms. The summed E-state index contributed by atoms with van der Waals surface area (Å²) in [6.45, 7) is 4.55. The minimum absolute atomic E-state index is 0.0813. The van der Waals surface area contributed by atoms with Crippen molar-refractivity contribution in [3.63, 3.8) is 0 Å². The molecule has 8 heteroatoms. The topological polar surface area (TPSA) is 53.9 Å². The highest BCUT2D eigenvalue weighted by molar-refractivity contribution is 6.07. The van der Waals surface area contributed by atoms with E-state index in [1.165, 1.54) is 37.5 Å². The van der Waals surface area contributed by atoms with Crippen molar-refractivity contribution < 1.29 is 22.7 Å². The van der Waals surface area contributed by atoms with E-state index in [2.05, 4.69) is 17.1 Å². The van der Waals surface area contributed by atoms with E-state index in [9.17, 15) is 18.0 Å². The number of aryl methyl sites for hydroxylation is 1. The Labute approximate surface area is 196 Å². The molecule has 2 heterocycles. The van der Waals surface area contributed by atoms with Gasteiger partial charge in [0.1, 0.15) is 12.4 Å². The van der Waals surface area contributed by atoms with Gasteiger partial charge in [-0.3, -0.25) is 4.79 Å². The molecule has 0 saturated heterocycles. The second-order valence-electron chi connectivity index (χ2n) is 9.22. The number of carbonyl (C=O) groups is 1. The van der Waals surface area contributed by atoms with Crippen LogP contribution >= 0.6 is 0 Å². The van der Waals surface area contributed by atoms with Gasteiger partial charge >= 0.3 is 6.18 Å². The zero-order valence-corrected chi connectivity index (χ0v) is 19.1. The first-order chi connectivity index (χ1) is 16.2. The fraction of sp³-hybridized carbons (Fsp3) is 0.385. The minimum atomic E-state index is -4.49. The summed E-state index contributed by atoms with van der Waals surface area (Å²) >= 11 is 0. The Morgan fingerprint density at radius 1 is 1.21 bits per heavy atom. The Balaban J connectivity index is 1.46. The summed E-state index contributed by atoms with van der Waals surface area (Å²) in [6, 6.07) is 9.06. The Morgan fingerprint density at radius 2 is 2.00 bits per heavy atom. The number of rotatable bonds is 4. The second kappa shape index (κ2) is 8.49. The standard InChI is InChI=1S/C26H26F3N3O2/c1-15-12-20(17-7-8-17)24(30-14-15)32-10-11-34-23-19(4-3-5-22(23)32)25(33)31-18-9-6-16(2)21(13-18)26(27,28)29/h3-6,9,13-15,17H,7-8,10-12H2,1-2H3,(H,31,33). The number of benzene rings is 2. The largest absolute Gasteiger partial charge is 0.489 e. The zero-order chi connectivity index (χ0) is 24.0. The van der Waals surface area contributed by atoms with E-state index in [1.54, 1.807) is 12.1 Å². The Bertz CT molecular complexity index is 1200. The maximum atomic E-state index is 13.3. The lowest BCUT2D eigenvalue weighted by Gasteiger charge is -2.35. The summed E-state index contributed by atoms with van der Waals surface area (Å²) in [5.41, 5.74) is 1.79. The van der Waals surface area contributed by atoms with Crippen LogP contribution in [0.3, 0.4) is 0 Å². The van der Waals surface area contributed by atoms with Crippen LogP contribution in [-0.2, 0) is 6.18 Å². The molecule has 34 heavy (non-hydrogen) atoms. The molecule has 1 fully saturated rings. The van der Waals surface area contributed by atoms with E-state index < -0.39 is 17.6 Å². The fourth-order valence-electron chi connectivity index (χ4n) is 4.65. The molecule has 0 radical (unpaired) electrons. The fourth-order valence-corrected chi connectivity index (χ4v) is 4.65. The minimum Gasteiger partial charge on any atom is -0.489 e. The third-order valence-corrected chi connectivity index (χ3v) is 6.50. The van der Waals surface area contributed by atoms with E-state index in [4.69, 9.17) is 9.73 Å². The Kier molecular flexibility index (Phi) is 5.62. The second-order valence-corrected chi connectivity index (χ2v) is 9.22. The first-order valence-electron chi connectivity index (χ1n) is 11.5. The summed E-state index contributed by atoms with van der Waals surface area (Å²) in [4.78, 5) is 20.0. The van der Waals surface area contributed by atoms with Crippen molar-refractivity contribution in [3.8, 4) is 5.75 Å². The van der Waals surface area contributed by atoms with Gasteiger partial charge in [0, 0.05) is 11.9 Å². The SMILES string of the molecule is Cc1ccc(NC(=O)c2cccc3c2OCCN3C2=C(C3CC3)CC(C)C=N2)cc1C(F)(F)F. The number of hydrogen-bond acceptors (Lipinski definition) is 4. The van der Waals surface area contributed by atoms with Crippen molar-refractivity contribution in [1.29, 1.82) is 0 Å². The summed E-state index contributed by atoms with van der Waals surface area (Å²) in [5.74, 6) is 1.81. The molecule has 2 aromatic rings. The lowest BCUT2D eigenvalue weighted by molar-refractivity contribution is -0.138. The number of halogens is 3. The van der Waals surface area contributed by atoms with Gasteiger partial charge in [0.15, 0.2) is 5.75 Å². The average Bonchev–Trinajstić information content (AvgIpc) is 3.64.